The molecule has 1 aromatic heterocycles. The molecule has 0 amide bonds. The van der Waals surface area contributed by atoms with E-state index in [2.05, 4.69) is 4.72 Å². The van der Waals surface area contributed by atoms with Crippen LogP contribution in [0, 0.1) is 0 Å². The summed E-state index contributed by atoms with van der Waals surface area (Å²) in [4.78, 5) is 5.03. The maximum absolute atomic E-state index is 14.3. The Morgan fingerprint density at radius 3 is 2.41 bits per heavy atom. The monoisotopic (exact) mass is 458 g/mol. The lowest BCUT2D eigenvalue weighted by atomic mass is 10.0. The lowest BCUT2D eigenvalue weighted by Gasteiger charge is -2.20. The highest BCUT2D eigenvalue weighted by Crippen LogP contribution is 2.32. The number of sulfonamides is 1. The molecule has 0 radical (unpaired) electrons. The molecular formula is C24H31FN4O2S. The predicted octanol–water partition coefficient (Wildman–Crippen LogP) is 4.72. The molecule has 0 fully saturated rings. The van der Waals surface area contributed by atoms with Gasteiger partial charge in [0.25, 0.3) is 0 Å². The number of para-hydroxylation sites is 1. The summed E-state index contributed by atoms with van der Waals surface area (Å²) in [5.41, 5.74) is 8.15. The van der Waals surface area contributed by atoms with Crippen molar-refractivity contribution >= 4 is 21.1 Å². The second-order valence-corrected chi connectivity index (χ2v) is 10.8. The van der Waals surface area contributed by atoms with Gasteiger partial charge in [0, 0.05) is 23.6 Å². The SMILES string of the molecule is CC(C)c1nc2c(-c3ccc(S(=O)(=O)NC(C)(C)C)cc3)cccc2n1CC(F)=CCN. The van der Waals surface area contributed by atoms with Gasteiger partial charge in [-0.2, -0.15) is 0 Å². The Hall–Kier alpha value is -2.55. The molecule has 3 aromatic rings. The fourth-order valence-corrected chi connectivity index (χ4v) is 5.04. The number of nitrogens with two attached hydrogens (primary N) is 1. The summed E-state index contributed by atoms with van der Waals surface area (Å²) >= 11 is 0. The van der Waals surface area contributed by atoms with E-state index in [1.165, 1.54) is 6.08 Å². The maximum atomic E-state index is 14.3. The maximum Gasteiger partial charge on any atom is 0.241 e. The molecule has 0 saturated heterocycles. The third kappa shape index (κ3) is 5.26. The molecule has 2 aromatic carbocycles. The van der Waals surface area contributed by atoms with Crippen molar-refractivity contribution < 1.29 is 12.8 Å². The molecule has 3 rings (SSSR count). The van der Waals surface area contributed by atoms with E-state index in [4.69, 9.17) is 10.7 Å². The normalized spacial score (nSPS) is 13.3. The quantitative estimate of drug-likeness (QED) is 0.536. The van der Waals surface area contributed by atoms with Crippen LogP contribution in [0.5, 0.6) is 0 Å². The van der Waals surface area contributed by atoms with E-state index >= 15 is 0 Å². The Bertz CT molecular complexity index is 1240. The van der Waals surface area contributed by atoms with Crippen molar-refractivity contribution in [3.8, 4) is 11.1 Å². The Morgan fingerprint density at radius 1 is 1.19 bits per heavy atom. The zero-order chi connectivity index (χ0) is 23.7. The van der Waals surface area contributed by atoms with Crippen molar-refractivity contribution in [2.45, 2.75) is 57.5 Å². The molecular weight excluding hydrogens is 427 g/mol. The van der Waals surface area contributed by atoms with Crippen LogP contribution in [0.15, 0.2) is 59.3 Å². The van der Waals surface area contributed by atoms with Gasteiger partial charge in [-0.25, -0.2) is 22.5 Å². The highest BCUT2D eigenvalue weighted by Gasteiger charge is 2.22. The van der Waals surface area contributed by atoms with E-state index in [-0.39, 0.29) is 29.7 Å². The van der Waals surface area contributed by atoms with E-state index in [0.717, 1.165) is 28.0 Å². The number of halogens is 1. The van der Waals surface area contributed by atoms with Gasteiger partial charge >= 0.3 is 0 Å². The van der Waals surface area contributed by atoms with Crippen molar-refractivity contribution in [1.29, 1.82) is 0 Å². The molecule has 0 aliphatic rings. The molecule has 0 unspecified atom stereocenters. The van der Waals surface area contributed by atoms with Gasteiger partial charge in [0.15, 0.2) is 0 Å². The van der Waals surface area contributed by atoms with Crippen molar-refractivity contribution in [3.05, 3.63) is 60.2 Å². The minimum Gasteiger partial charge on any atom is -0.327 e. The van der Waals surface area contributed by atoms with E-state index in [1.807, 2.05) is 36.6 Å². The predicted molar refractivity (Wildman–Crippen MR) is 128 cm³/mol. The van der Waals surface area contributed by atoms with Crippen molar-refractivity contribution in [3.63, 3.8) is 0 Å². The number of aromatic nitrogens is 2. The van der Waals surface area contributed by atoms with Crippen molar-refractivity contribution in [2.75, 3.05) is 6.54 Å². The number of hydrogen-bond donors (Lipinski definition) is 2. The lowest BCUT2D eigenvalue weighted by Crippen LogP contribution is -2.40. The van der Waals surface area contributed by atoms with E-state index in [9.17, 15) is 12.8 Å². The summed E-state index contributed by atoms with van der Waals surface area (Å²) in [5, 5.41) is 0. The molecule has 0 aliphatic heterocycles. The second kappa shape index (κ2) is 9.13. The molecule has 6 nitrogen and oxygen atoms in total. The van der Waals surface area contributed by atoms with Gasteiger partial charge in [-0.05, 0) is 50.6 Å². The van der Waals surface area contributed by atoms with Gasteiger partial charge in [0.05, 0.1) is 22.5 Å². The molecule has 0 aliphatic carbocycles. The minimum absolute atomic E-state index is 0.0698. The van der Waals surface area contributed by atoms with Crippen molar-refractivity contribution in [1.82, 2.24) is 14.3 Å². The summed E-state index contributed by atoms with van der Waals surface area (Å²) in [5.74, 6) is 0.568. The molecule has 0 atom stereocenters. The molecule has 8 heteroatoms. The number of nitrogens with one attached hydrogen (secondary N) is 1. The standard InChI is InChI=1S/C24H31FN4O2S/c1-16(2)23-27-22-20(7-6-8-21(22)29(23)15-18(25)13-14-26)17-9-11-19(12-10-17)32(30,31)28-24(3,4)5/h6-13,16,28H,14-15,26H2,1-5H3. The zero-order valence-electron chi connectivity index (χ0n) is 19.2. The third-order valence-electron chi connectivity index (χ3n) is 4.89. The van der Waals surface area contributed by atoms with Crippen LogP contribution in [0.25, 0.3) is 22.2 Å². The van der Waals surface area contributed by atoms with Gasteiger partial charge in [-0.3, -0.25) is 0 Å². The Labute approximate surface area is 189 Å². The highest BCUT2D eigenvalue weighted by atomic mass is 32.2. The van der Waals surface area contributed by atoms with Crippen LogP contribution in [0.2, 0.25) is 0 Å². The topological polar surface area (TPSA) is 90.0 Å². The van der Waals surface area contributed by atoms with E-state index in [0.29, 0.717) is 0 Å². The Morgan fingerprint density at radius 2 is 1.84 bits per heavy atom. The number of rotatable bonds is 7. The summed E-state index contributed by atoms with van der Waals surface area (Å²) < 4.78 is 44.1. The lowest BCUT2D eigenvalue weighted by molar-refractivity contribution is 0.491. The number of hydrogen-bond acceptors (Lipinski definition) is 4. The summed E-state index contributed by atoms with van der Waals surface area (Å²) in [6, 6.07) is 12.5. The smallest absolute Gasteiger partial charge is 0.241 e. The van der Waals surface area contributed by atoms with Crippen molar-refractivity contribution in [2.24, 2.45) is 5.73 Å². The van der Waals surface area contributed by atoms with Crippen LogP contribution in [0.1, 0.15) is 46.4 Å². The van der Waals surface area contributed by atoms with Crippen LogP contribution in [-0.2, 0) is 16.6 Å². The largest absolute Gasteiger partial charge is 0.327 e. The third-order valence-corrected chi connectivity index (χ3v) is 6.66. The molecule has 0 bridgehead atoms. The van der Waals surface area contributed by atoms with Crippen LogP contribution in [0.4, 0.5) is 4.39 Å². The first-order valence-corrected chi connectivity index (χ1v) is 12.1. The van der Waals surface area contributed by atoms with E-state index in [1.54, 1.807) is 45.0 Å². The van der Waals surface area contributed by atoms with Crippen LogP contribution >= 0.6 is 0 Å². The van der Waals surface area contributed by atoms with Crippen LogP contribution in [-0.4, -0.2) is 30.1 Å². The number of allylic oxidation sites excluding steroid dienone is 1. The fourth-order valence-electron chi connectivity index (χ4n) is 3.62. The van der Waals surface area contributed by atoms with Crippen LogP contribution in [0.3, 0.4) is 0 Å². The average Bonchev–Trinajstić information content (AvgIpc) is 3.05. The number of benzene rings is 2. The highest BCUT2D eigenvalue weighted by molar-refractivity contribution is 7.89. The van der Waals surface area contributed by atoms with Gasteiger partial charge in [0.2, 0.25) is 10.0 Å². The molecule has 32 heavy (non-hydrogen) atoms. The number of nitrogens with zero attached hydrogens (tertiary/aromatic N) is 2. The van der Waals surface area contributed by atoms with Gasteiger partial charge in [-0.1, -0.05) is 38.1 Å². The first kappa shape index (κ1) is 24.1. The summed E-state index contributed by atoms with van der Waals surface area (Å²) in [6.07, 6.45) is 1.37. The molecule has 0 saturated carbocycles. The second-order valence-electron chi connectivity index (χ2n) is 9.15. The molecule has 172 valence electrons. The van der Waals surface area contributed by atoms with Gasteiger partial charge in [0.1, 0.15) is 11.7 Å². The number of imidazole rings is 1. The van der Waals surface area contributed by atoms with E-state index < -0.39 is 15.6 Å². The van der Waals surface area contributed by atoms with Crippen LogP contribution < -0.4 is 10.5 Å². The van der Waals surface area contributed by atoms with Gasteiger partial charge < -0.3 is 10.3 Å². The summed E-state index contributed by atoms with van der Waals surface area (Å²) in [6.45, 7) is 9.64. The Kier molecular flexibility index (Phi) is 6.88. The molecule has 1 heterocycles. The molecule has 0 spiro atoms. The fraction of sp³-hybridized carbons (Fsp3) is 0.375. The number of fused-ring (bicyclic) bond motifs is 1. The average molecular weight is 459 g/mol. The first-order chi connectivity index (χ1) is 14.9. The first-order valence-electron chi connectivity index (χ1n) is 10.6. The van der Waals surface area contributed by atoms with Gasteiger partial charge in [-0.15, -0.1) is 0 Å². The Balaban J connectivity index is 2.07. The molecule has 3 N–H and O–H groups in total. The summed E-state index contributed by atoms with van der Waals surface area (Å²) in [7, 11) is -3.62. The zero-order valence-corrected chi connectivity index (χ0v) is 20.0. The minimum atomic E-state index is -3.62.